The van der Waals surface area contributed by atoms with Crippen molar-refractivity contribution < 1.29 is 20.0 Å². The highest BCUT2D eigenvalue weighted by atomic mass is 17.1. The molecule has 0 atom stereocenters. The van der Waals surface area contributed by atoms with Crippen molar-refractivity contribution in [1.82, 2.24) is 0 Å². The summed E-state index contributed by atoms with van der Waals surface area (Å²) in [7, 11) is 0. The average Bonchev–Trinajstić information content (AvgIpc) is 2.05. The highest BCUT2D eigenvalue weighted by Gasteiger charge is 2.01. The van der Waals surface area contributed by atoms with Crippen LogP contribution in [0.3, 0.4) is 0 Å². The van der Waals surface area contributed by atoms with E-state index in [2.05, 4.69) is 4.89 Å². The molecule has 0 heterocycles. The van der Waals surface area contributed by atoms with E-state index in [1.54, 1.807) is 0 Å². The number of benzene rings is 1. The number of phenols is 1. The Bertz CT molecular complexity index is 269. The lowest BCUT2D eigenvalue weighted by atomic mass is 10.2. The molecule has 4 nitrogen and oxygen atoms in total. The van der Waals surface area contributed by atoms with Crippen molar-refractivity contribution in [3.8, 4) is 11.5 Å². The van der Waals surface area contributed by atoms with Gasteiger partial charge in [-0.15, -0.1) is 0 Å². The lowest BCUT2D eigenvalue weighted by molar-refractivity contribution is -0.137. The molecule has 0 aliphatic heterocycles. The van der Waals surface area contributed by atoms with Gasteiger partial charge in [-0.2, -0.15) is 0 Å². The maximum absolute atomic E-state index is 10.2. The summed E-state index contributed by atoms with van der Waals surface area (Å²) < 4.78 is 0. The smallest absolute Gasteiger partial charge is 0.166 e. The fourth-order valence-electron chi connectivity index (χ4n) is 0.684. The van der Waals surface area contributed by atoms with Gasteiger partial charge in [-0.1, -0.05) is 0 Å². The Labute approximate surface area is 62.6 Å². The van der Waals surface area contributed by atoms with Crippen LogP contribution in [0.4, 0.5) is 0 Å². The van der Waals surface area contributed by atoms with Gasteiger partial charge in [0.2, 0.25) is 0 Å². The number of hydrogen-bond acceptors (Lipinski definition) is 4. The van der Waals surface area contributed by atoms with E-state index < -0.39 is 0 Å². The van der Waals surface area contributed by atoms with Crippen LogP contribution in [0.15, 0.2) is 18.2 Å². The van der Waals surface area contributed by atoms with E-state index in [0.717, 1.165) is 0 Å². The average molecular weight is 154 g/mol. The van der Waals surface area contributed by atoms with E-state index in [0.29, 0.717) is 6.29 Å². The second-order valence-electron chi connectivity index (χ2n) is 1.93. The maximum atomic E-state index is 10.2. The molecule has 1 aromatic carbocycles. The molecule has 0 bridgehead atoms. The molecule has 0 saturated heterocycles. The normalized spacial score (nSPS) is 9.18. The fraction of sp³-hybridized carbons (Fsp3) is 0. The first-order valence-electron chi connectivity index (χ1n) is 2.87. The molecule has 0 spiro atoms. The van der Waals surface area contributed by atoms with Gasteiger partial charge < -0.3 is 9.99 Å². The summed E-state index contributed by atoms with van der Waals surface area (Å²) in [6.07, 6.45) is 0.470. The van der Waals surface area contributed by atoms with Crippen molar-refractivity contribution in [1.29, 1.82) is 0 Å². The quantitative estimate of drug-likeness (QED) is 0.379. The molecule has 1 aromatic rings. The molecule has 2 N–H and O–H groups in total. The van der Waals surface area contributed by atoms with E-state index in [-0.39, 0.29) is 17.1 Å². The third-order valence-electron chi connectivity index (χ3n) is 1.23. The molecule has 0 aliphatic carbocycles. The highest BCUT2D eigenvalue weighted by Crippen LogP contribution is 2.20. The predicted octanol–water partition coefficient (Wildman–Crippen LogP) is 1.06. The second kappa shape index (κ2) is 3.03. The van der Waals surface area contributed by atoms with E-state index in [9.17, 15) is 4.79 Å². The molecule has 0 fully saturated rings. The van der Waals surface area contributed by atoms with Crippen LogP contribution >= 0.6 is 0 Å². The summed E-state index contributed by atoms with van der Waals surface area (Å²) in [6.45, 7) is 0. The van der Waals surface area contributed by atoms with Crippen LogP contribution in [0.2, 0.25) is 0 Å². The van der Waals surface area contributed by atoms with Gasteiger partial charge in [0, 0.05) is 0 Å². The lowest BCUT2D eigenvalue weighted by Crippen LogP contribution is -1.86. The van der Waals surface area contributed by atoms with Crippen LogP contribution in [-0.4, -0.2) is 16.6 Å². The lowest BCUT2D eigenvalue weighted by Gasteiger charge is -1.98. The van der Waals surface area contributed by atoms with Crippen LogP contribution in [0, 0.1) is 0 Å². The van der Waals surface area contributed by atoms with Crippen LogP contribution in [-0.2, 0) is 0 Å². The summed E-state index contributed by atoms with van der Waals surface area (Å²) >= 11 is 0. The van der Waals surface area contributed by atoms with Gasteiger partial charge in [-0.25, -0.2) is 5.26 Å². The first-order chi connectivity index (χ1) is 5.27. The number of hydrogen-bond donors (Lipinski definition) is 2. The molecular formula is C7H6O4. The zero-order valence-electron chi connectivity index (χ0n) is 5.52. The molecule has 0 saturated carbocycles. The number of rotatable bonds is 2. The van der Waals surface area contributed by atoms with E-state index in [1.807, 2.05) is 0 Å². The molecule has 0 amide bonds. The molecule has 4 heteroatoms. The van der Waals surface area contributed by atoms with E-state index >= 15 is 0 Å². The second-order valence-corrected chi connectivity index (χ2v) is 1.93. The zero-order chi connectivity index (χ0) is 8.27. The van der Waals surface area contributed by atoms with Crippen molar-refractivity contribution >= 4 is 6.29 Å². The summed E-state index contributed by atoms with van der Waals surface area (Å²) in [5.74, 6) is -0.0225. The predicted molar refractivity (Wildman–Crippen MR) is 36.8 cm³/mol. The third-order valence-corrected chi connectivity index (χ3v) is 1.23. The van der Waals surface area contributed by atoms with Gasteiger partial charge in [-0.3, -0.25) is 4.79 Å². The molecule has 58 valence electrons. The van der Waals surface area contributed by atoms with Crippen LogP contribution < -0.4 is 4.89 Å². The van der Waals surface area contributed by atoms with Crippen LogP contribution in [0.5, 0.6) is 11.5 Å². The molecular weight excluding hydrogens is 148 g/mol. The summed E-state index contributed by atoms with van der Waals surface area (Å²) in [5, 5.41) is 17.1. The SMILES string of the molecule is O=Cc1cc(OO)ccc1O. The first-order valence-corrected chi connectivity index (χ1v) is 2.87. The molecule has 0 unspecified atom stereocenters. The number of carbonyl (C=O) groups excluding carboxylic acids is 1. The topological polar surface area (TPSA) is 66.8 Å². The monoisotopic (exact) mass is 154 g/mol. The van der Waals surface area contributed by atoms with Gasteiger partial charge in [-0.05, 0) is 18.2 Å². The van der Waals surface area contributed by atoms with E-state index in [1.165, 1.54) is 18.2 Å². The minimum absolute atomic E-state index is 0.0801. The van der Waals surface area contributed by atoms with Crippen molar-refractivity contribution in [3.63, 3.8) is 0 Å². The maximum Gasteiger partial charge on any atom is 0.166 e. The highest BCUT2D eigenvalue weighted by molar-refractivity contribution is 5.79. The standard InChI is InChI=1S/C7H6O4/c8-4-5-3-6(11-10)1-2-7(5)9/h1-4,9-10H. The molecule has 1 rings (SSSR count). The van der Waals surface area contributed by atoms with Gasteiger partial charge >= 0.3 is 0 Å². The molecule has 0 aliphatic rings. The largest absolute Gasteiger partial charge is 0.507 e. The number of aldehydes is 1. The minimum atomic E-state index is -0.138. The van der Waals surface area contributed by atoms with Crippen molar-refractivity contribution in [3.05, 3.63) is 23.8 Å². The number of aromatic hydroxyl groups is 1. The van der Waals surface area contributed by atoms with Crippen molar-refractivity contribution in [2.75, 3.05) is 0 Å². The number of phenolic OH excluding ortho intramolecular Hbond substituents is 1. The zero-order valence-corrected chi connectivity index (χ0v) is 5.52. The van der Waals surface area contributed by atoms with Gasteiger partial charge in [0.15, 0.2) is 12.0 Å². The van der Waals surface area contributed by atoms with E-state index in [4.69, 9.17) is 10.4 Å². The third kappa shape index (κ3) is 1.47. The van der Waals surface area contributed by atoms with Crippen molar-refractivity contribution in [2.45, 2.75) is 0 Å². The summed E-state index contributed by atoms with van der Waals surface area (Å²) in [6, 6.07) is 3.82. The number of carbonyl (C=O) groups is 1. The summed E-state index contributed by atoms with van der Waals surface area (Å²) in [5.41, 5.74) is 0.0801. The minimum Gasteiger partial charge on any atom is -0.507 e. The molecule has 0 radical (unpaired) electrons. The Kier molecular flexibility index (Phi) is 2.08. The van der Waals surface area contributed by atoms with Crippen LogP contribution in [0.25, 0.3) is 0 Å². The molecule has 11 heavy (non-hydrogen) atoms. The fourth-order valence-corrected chi connectivity index (χ4v) is 0.684. The first kappa shape index (κ1) is 7.56. The Hall–Kier alpha value is -1.55. The van der Waals surface area contributed by atoms with Gasteiger partial charge in [0.1, 0.15) is 5.75 Å². The molecule has 0 aromatic heterocycles. The summed E-state index contributed by atoms with van der Waals surface area (Å²) in [4.78, 5) is 14.0. The Morgan fingerprint density at radius 3 is 2.73 bits per heavy atom. The Balaban J connectivity index is 3.12. The van der Waals surface area contributed by atoms with Gasteiger partial charge in [0.05, 0.1) is 5.56 Å². The van der Waals surface area contributed by atoms with Gasteiger partial charge in [0.25, 0.3) is 0 Å². The van der Waals surface area contributed by atoms with Crippen LogP contribution in [0.1, 0.15) is 10.4 Å². The van der Waals surface area contributed by atoms with Crippen molar-refractivity contribution in [2.24, 2.45) is 0 Å². The Morgan fingerprint density at radius 1 is 1.45 bits per heavy atom. The Morgan fingerprint density at radius 2 is 2.18 bits per heavy atom.